The lowest BCUT2D eigenvalue weighted by Crippen LogP contribution is -2.45. The summed E-state index contributed by atoms with van der Waals surface area (Å²) in [6.07, 6.45) is 0. The van der Waals surface area contributed by atoms with Crippen molar-refractivity contribution in [3.8, 4) is 0 Å². The zero-order valence-electron chi connectivity index (χ0n) is 17.2. The molecule has 0 N–H and O–H groups in total. The molecule has 1 saturated heterocycles. The molecular weight excluding hydrogens is 354 g/mol. The maximum absolute atomic E-state index is 2.60. The molecule has 0 spiro atoms. The highest BCUT2D eigenvalue weighted by Gasteiger charge is 2.18. The molecule has 3 heteroatoms. The van der Waals surface area contributed by atoms with Crippen molar-refractivity contribution in [1.82, 2.24) is 14.4 Å². The smallest absolute Gasteiger partial charge is 0.0491 e. The molecule has 0 saturated carbocycles. The lowest BCUT2D eigenvalue weighted by Gasteiger charge is -2.34. The quantitative estimate of drug-likeness (QED) is 0.473. The summed E-state index contributed by atoms with van der Waals surface area (Å²) in [6.45, 7) is 9.92. The molecule has 148 valence electrons. The summed E-state index contributed by atoms with van der Waals surface area (Å²) in [7, 11) is 0. The number of rotatable bonds is 5. The summed E-state index contributed by atoms with van der Waals surface area (Å²) < 4.78 is 2.43. The molecule has 1 aliphatic rings. The minimum absolute atomic E-state index is 1.01. The van der Waals surface area contributed by atoms with Crippen LogP contribution in [0.25, 0.3) is 21.8 Å². The van der Waals surface area contributed by atoms with Crippen molar-refractivity contribution in [2.75, 3.05) is 26.2 Å². The number of piperazine rings is 1. The van der Waals surface area contributed by atoms with Gasteiger partial charge in [-0.05, 0) is 36.2 Å². The molecule has 1 fully saturated rings. The Kier molecular flexibility index (Phi) is 5.09. The normalized spacial score (nSPS) is 16.0. The number of hydrogen-bond acceptors (Lipinski definition) is 2. The molecule has 0 atom stereocenters. The van der Waals surface area contributed by atoms with Crippen LogP contribution in [0.1, 0.15) is 18.1 Å². The van der Waals surface area contributed by atoms with E-state index in [1.807, 2.05) is 0 Å². The van der Waals surface area contributed by atoms with Crippen molar-refractivity contribution in [2.24, 2.45) is 0 Å². The standard InChI is InChI=1S/C26H29N3/c1-2-29-25-11-7-6-10-23(25)24-18-22(12-13-26(24)29)20-28-16-14-27(15-17-28)19-21-8-4-3-5-9-21/h3-13,18H,2,14-17,19-20H2,1H3. The molecule has 1 aromatic heterocycles. The molecule has 2 heterocycles. The molecule has 0 unspecified atom stereocenters. The Hall–Kier alpha value is -2.62. The van der Waals surface area contributed by atoms with Gasteiger partial charge < -0.3 is 4.57 Å². The maximum atomic E-state index is 2.60. The number of fused-ring (bicyclic) bond motifs is 3. The number of benzene rings is 3. The molecule has 3 nitrogen and oxygen atoms in total. The van der Waals surface area contributed by atoms with Crippen LogP contribution in [0.2, 0.25) is 0 Å². The molecule has 1 aliphatic heterocycles. The topological polar surface area (TPSA) is 11.4 Å². The van der Waals surface area contributed by atoms with E-state index in [0.717, 1.165) is 45.8 Å². The fourth-order valence-electron chi connectivity index (χ4n) is 4.75. The molecule has 0 radical (unpaired) electrons. The van der Waals surface area contributed by atoms with Crippen molar-refractivity contribution in [3.63, 3.8) is 0 Å². The van der Waals surface area contributed by atoms with Gasteiger partial charge in [0.15, 0.2) is 0 Å². The van der Waals surface area contributed by atoms with Crippen LogP contribution in [0.4, 0.5) is 0 Å². The zero-order chi connectivity index (χ0) is 19.6. The van der Waals surface area contributed by atoms with Gasteiger partial charge in [-0.3, -0.25) is 9.80 Å². The highest BCUT2D eigenvalue weighted by Crippen LogP contribution is 2.30. The van der Waals surface area contributed by atoms with Gasteiger partial charge in [0, 0.05) is 67.6 Å². The molecule has 29 heavy (non-hydrogen) atoms. The second-order valence-electron chi connectivity index (χ2n) is 8.15. The van der Waals surface area contributed by atoms with Gasteiger partial charge in [-0.25, -0.2) is 0 Å². The van der Waals surface area contributed by atoms with E-state index in [4.69, 9.17) is 0 Å². The maximum Gasteiger partial charge on any atom is 0.0491 e. The van der Waals surface area contributed by atoms with Crippen LogP contribution in [-0.2, 0) is 19.6 Å². The summed E-state index contributed by atoms with van der Waals surface area (Å²) in [5.41, 5.74) is 5.54. The Labute approximate surface area is 173 Å². The fraction of sp³-hybridized carbons (Fsp3) is 0.308. The van der Waals surface area contributed by atoms with Crippen LogP contribution in [0.5, 0.6) is 0 Å². The van der Waals surface area contributed by atoms with Gasteiger partial charge in [-0.15, -0.1) is 0 Å². The fourth-order valence-corrected chi connectivity index (χ4v) is 4.75. The van der Waals surface area contributed by atoms with Crippen LogP contribution in [-0.4, -0.2) is 40.5 Å². The van der Waals surface area contributed by atoms with E-state index in [9.17, 15) is 0 Å². The van der Waals surface area contributed by atoms with Gasteiger partial charge in [0.25, 0.3) is 0 Å². The summed E-state index contributed by atoms with van der Waals surface area (Å²) in [6, 6.07) is 26.7. The van der Waals surface area contributed by atoms with E-state index in [1.165, 1.54) is 32.9 Å². The Bertz CT molecular complexity index is 1100. The van der Waals surface area contributed by atoms with Crippen LogP contribution in [0.15, 0.2) is 72.8 Å². The van der Waals surface area contributed by atoms with Crippen LogP contribution < -0.4 is 0 Å². The van der Waals surface area contributed by atoms with Crippen LogP contribution >= 0.6 is 0 Å². The Morgan fingerprint density at radius 1 is 0.621 bits per heavy atom. The molecule has 0 bridgehead atoms. The average molecular weight is 384 g/mol. The van der Waals surface area contributed by atoms with Crippen molar-refractivity contribution >= 4 is 21.8 Å². The van der Waals surface area contributed by atoms with E-state index in [-0.39, 0.29) is 0 Å². The molecule has 0 aliphatic carbocycles. The highest BCUT2D eigenvalue weighted by molar-refractivity contribution is 6.08. The summed E-state index contributed by atoms with van der Waals surface area (Å²) >= 11 is 0. The van der Waals surface area contributed by atoms with E-state index in [2.05, 4.69) is 94.1 Å². The summed E-state index contributed by atoms with van der Waals surface area (Å²) in [5, 5.41) is 2.77. The highest BCUT2D eigenvalue weighted by atomic mass is 15.3. The van der Waals surface area contributed by atoms with Gasteiger partial charge in [-0.2, -0.15) is 0 Å². The lowest BCUT2D eigenvalue weighted by atomic mass is 10.1. The summed E-state index contributed by atoms with van der Waals surface area (Å²) in [4.78, 5) is 5.17. The lowest BCUT2D eigenvalue weighted by molar-refractivity contribution is 0.122. The molecule has 0 amide bonds. The first-order valence-electron chi connectivity index (χ1n) is 10.8. The van der Waals surface area contributed by atoms with Gasteiger partial charge in [0.2, 0.25) is 0 Å². The molecule has 3 aromatic carbocycles. The second-order valence-corrected chi connectivity index (χ2v) is 8.15. The average Bonchev–Trinajstić information content (AvgIpc) is 3.09. The van der Waals surface area contributed by atoms with Gasteiger partial charge in [0.1, 0.15) is 0 Å². The van der Waals surface area contributed by atoms with Gasteiger partial charge >= 0.3 is 0 Å². The Balaban J connectivity index is 1.29. The Morgan fingerprint density at radius 3 is 1.97 bits per heavy atom. The number of nitrogens with zero attached hydrogens (tertiary/aromatic N) is 3. The minimum Gasteiger partial charge on any atom is -0.341 e. The zero-order valence-corrected chi connectivity index (χ0v) is 17.2. The van der Waals surface area contributed by atoms with Crippen LogP contribution in [0.3, 0.4) is 0 Å². The van der Waals surface area contributed by atoms with E-state index in [0.29, 0.717) is 0 Å². The Morgan fingerprint density at radius 2 is 1.24 bits per heavy atom. The summed E-state index contributed by atoms with van der Waals surface area (Å²) in [5.74, 6) is 0. The van der Waals surface area contributed by atoms with Crippen LogP contribution in [0, 0.1) is 0 Å². The molecule has 5 rings (SSSR count). The molecular formula is C26H29N3. The monoisotopic (exact) mass is 383 g/mol. The third-order valence-corrected chi connectivity index (χ3v) is 6.27. The predicted octanol–water partition coefficient (Wildman–Crippen LogP) is 5.13. The van der Waals surface area contributed by atoms with Gasteiger partial charge in [0.05, 0.1) is 0 Å². The van der Waals surface area contributed by atoms with Crippen molar-refractivity contribution < 1.29 is 0 Å². The van der Waals surface area contributed by atoms with Gasteiger partial charge in [-0.1, -0.05) is 54.6 Å². The molecule has 4 aromatic rings. The van der Waals surface area contributed by atoms with Crippen molar-refractivity contribution in [2.45, 2.75) is 26.6 Å². The first-order chi connectivity index (χ1) is 14.3. The number of aryl methyl sites for hydroxylation is 1. The van der Waals surface area contributed by atoms with Crippen molar-refractivity contribution in [3.05, 3.63) is 83.9 Å². The first kappa shape index (κ1) is 18.4. The first-order valence-corrected chi connectivity index (χ1v) is 10.8. The number of aromatic nitrogens is 1. The third-order valence-electron chi connectivity index (χ3n) is 6.27. The van der Waals surface area contributed by atoms with Crippen molar-refractivity contribution in [1.29, 1.82) is 0 Å². The second kappa shape index (κ2) is 8.02. The number of para-hydroxylation sites is 1. The SMILES string of the molecule is CCn1c2ccccc2c2cc(CN3CCN(Cc4ccccc4)CC3)ccc21. The number of hydrogen-bond donors (Lipinski definition) is 0. The third kappa shape index (κ3) is 3.68. The van der Waals surface area contributed by atoms with E-state index in [1.54, 1.807) is 0 Å². The minimum atomic E-state index is 1.01. The van der Waals surface area contributed by atoms with E-state index >= 15 is 0 Å². The predicted molar refractivity (Wildman–Crippen MR) is 122 cm³/mol. The largest absolute Gasteiger partial charge is 0.341 e. The van der Waals surface area contributed by atoms with E-state index < -0.39 is 0 Å².